The first-order valence-corrected chi connectivity index (χ1v) is 10.3. The van der Waals surface area contributed by atoms with Crippen LogP contribution in [-0.2, 0) is 9.47 Å². The normalized spacial score (nSPS) is 22.5. The maximum Gasteiger partial charge on any atom is 0.256 e. The number of fused-ring (bicyclic) bond motifs is 1. The Balaban J connectivity index is 1.55. The number of ether oxygens (including phenoxy) is 2. The summed E-state index contributed by atoms with van der Waals surface area (Å²) in [6, 6.07) is 2.17. The Labute approximate surface area is 159 Å². The Morgan fingerprint density at radius 3 is 2.19 bits per heavy atom. The summed E-state index contributed by atoms with van der Waals surface area (Å²) in [5, 5.41) is 4.92. The fourth-order valence-corrected chi connectivity index (χ4v) is 4.36. The average Bonchev–Trinajstić information content (AvgIpc) is 3.19. The molecule has 3 aliphatic rings. The Kier molecular flexibility index (Phi) is 4.83. The monoisotopic (exact) mass is 372 g/mol. The number of hydrogen-bond acceptors (Lipinski definition) is 7. The van der Waals surface area contributed by atoms with Crippen LogP contribution in [0.5, 0.6) is 0 Å². The summed E-state index contributed by atoms with van der Waals surface area (Å²) in [7, 11) is 0. The fourth-order valence-electron chi connectivity index (χ4n) is 4.36. The molecule has 0 spiro atoms. The molecule has 1 saturated carbocycles. The Hall–Kier alpha value is -1.93. The number of morpholine rings is 2. The molecule has 0 aromatic carbocycles. The van der Waals surface area contributed by atoms with E-state index in [4.69, 9.17) is 24.5 Å². The van der Waals surface area contributed by atoms with Gasteiger partial charge in [-0.2, -0.15) is 14.5 Å². The van der Waals surface area contributed by atoms with Crippen molar-refractivity contribution in [1.29, 1.82) is 0 Å². The molecule has 3 fully saturated rings. The minimum absolute atomic E-state index is 0.477. The first-order valence-electron chi connectivity index (χ1n) is 10.3. The second kappa shape index (κ2) is 7.59. The summed E-state index contributed by atoms with van der Waals surface area (Å²) in [5.74, 6) is 4.23. The second-order valence-electron chi connectivity index (χ2n) is 7.69. The maximum absolute atomic E-state index is 5.55. The van der Waals surface area contributed by atoms with Crippen molar-refractivity contribution in [3.8, 4) is 0 Å². The van der Waals surface area contributed by atoms with Crippen molar-refractivity contribution in [2.75, 3.05) is 62.4 Å². The van der Waals surface area contributed by atoms with E-state index in [-0.39, 0.29) is 0 Å². The molecule has 8 heteroatoms. The molecule has 0 unspecified atom stereocenters. The largest absolute Gasteiger partial charge is 0.378 e. The molecule has 2 saturated heterocycles. The Morgan fingerprint density at radius 1 is 0.815 bits per heavy atom. The third kappa shape index (κ3) is 3.48. The molecule has 2 aromatic rings. The van der Waals surface area contributed by atoms with Gasteiger partial charge in [-0.25, -0.2) is 0 Å². The molecule has 5 rings (SSSR count). The van der Waals surface area contributed by atoms with Crippen molar-refractivity contribution >= 4 is 17.4 Å². The van der Waals surface area contributed by atoms with Gasteiger partial charge in [0.2, 0.25) is 0 Å². The predicted octanol–water partition coefficient (Wildman–Crippen LogP) is 1.85. The highest BCUT2D eigenvalue weighted by molar-refractivity contribution is 5.57. The van der Waals surface area contributed by atoms with Crippen molar-refractivity contribution in [2.45, 2.75) is 38.0 Å². The first kappa shape index (κ1) is 17.2. The number of aromatic nitrogens is 4. The van der Waals surface area contributed by atoms with Crippen LogP contribution in [0, 0.1) is 0 Å². The zero-order valence-corrected chi connectivity index (χ0v) is 15.8. The van der Waals surface area contributed by atoms with Gasteiger partial charge in [0.25, 0.3) is 5.78 Å². The maximum atomic E-state index is 5.55. The van der Waals surface area contributed by atoms with Crippen molar-refractivity contribution in [2.24, 2.45) is 0 Å². The van der Waals surface area contributed by atoms with E-state index in [0.717, 1.165) is 75.8 Å². The van der Waals surface area contributed by atoms with E-state index in [1.165, 1.54) is 32.1 Å². The highest BCUT2D eigenvalue weighted by atomic mass is 16.5. The van der Waals surface area contributed by atoms with Crippen LogP contribution in [0.1, 0.15) is 43.8 Å². The van der Waals surface area contributed by atoms with E-state index in [2.05, 4.69) is 15.9 Å². The van der Waals surface area contributed by atoms with Gasteiger partial charge >= 0.3 is 0 Å². The van der Waals surface area contributed by atoms with E-state index >= 15 is 0 Å². The highest BCUT2D eigenvalue weighted by Crippen LogP contribution is 2.32. The van der Waals surface area contributed by atoms with Gasteiger partial charge in [0, 0.05) is 38.2 Å². The third-order valence-electron chi connectivity index (χ3n) is 5.94. The molecule has 1 aliphatic carbocycles. The van der Waals surface area contributed by atoms with Crippen LogP contribution in [0.25, 0.3) is 5.78 Å². The Bertz CT molecular complexity index is 776. The summed E-state index contributed by atoms with van der Waals surface area (Å²) in [6.07, 6.45) is 6.29. The smallest absolute Gasteiger partial charge is 0.256 e. The lowest BCUT2D eigenvalue weighted by molar-refractivity contribution is 0.121. The van der Waals surface area contributed by atoms with Crippen LogP contribution in [0.15, 0.2) is 6.07 Å². The topological polar surface area (TPSA) is 68.0 Å². The highest BCUT2D eigenvalue weighted by Gasteiger charge is 2.25. The lowest BCUT2D eigenvalue weighted by Crippen LogP contribution is -2.39. The van der Waals surface area contributed by atoms with Gasteiger partial charge in [-0.15, -0.1) is 5.10 Å². The summed E-state index contributed by atoms with van der Waals surface area (Å²) in [6.45, 7) is 6.49. The molecular formula is C19H28N6O2. The summed E-state index contributed by atoms with van der Waals surface area (Å²) >= 11 is 0. The second-order valence-corrected chi connectivity index (χ2v) is 7.69. The molecule has 0 bridgehead atoms. The quantitative estimate of drug-likeness (QED) is 0.814. The van der Waals surface area contributed by atoms with Gasteiger partial charge < -0.3 is 19.3 Å². The lowest BCUT2D eigenvalue weighted by Gasteiger charge is -2.31. The van der Waals surface area contributed by atoms with Gasteiger partial charge in [-0.1, -0.05) is 19.3 Å². The zero-order chi connectivity index (χ0) is 18.1. The van der Waals surface area contributed by atoms with E-state index in [9.17, 15) is 0 Å². The molecule has 0 amide bonds. The lowest BCUT2D eigenvalue weighted by atomic mass is 9.89. The van der Waals surface area contributed by atoms with Crippen LogP contribution in [0.3, 0.4) is 0 Å². The van der Waals surface area contributed by atoms with Crippen molar-refractivity contribution < 1.29 is 9.47 Å². The average molecular weight is 372 g/mol. The molecule has 27 heavy (non-hydrogen) atoms. The summed E-state index contributed by atoms with van der Waals surface area (Å²) in [5.41, 5.74) is 0. The number of rotatable bonds is 3. The van der Waals surface area contributed by atoms with Gasteiger partial charge in [-0.3, -0.25) is 0 Å². The van der Waals surface area contributed by atoms with Gasteiger partial charge in [-0.05, 0) is 12.8 Å². The number of hydrogen-bond donors (Lipinski definition) is 0. The van der Waals surface area contributed by atoms with Crippen molar-refractivity contribution in [3.05, 3.63) is 11.9 Å². The first-order chi connectivity index (χ1) is 13.4. The fraction of sp³-hybridized carbons (Fsp3) is 0.737. The zero-order valence-electron chi connectivity index (χ0n) is 15.8. The number of anilines is 2. The van der Waals surface area contributed by atoms with E-state index in [1.54, 1.807) is 0 Å². The Morgan fingerprint density at radius 2 is 1.48 bits per heavy atom. The van der Waals surface area contributed by atoms with E-state index in [0.29, 0.717) is 5.92 Å². The van der Waals surface area contributed by atoms with Crippen LogP contribution < -0.4 is 9.80 Å². The SMILES string of the molecule is c1c(N2CCOCC2)nc2nc(C3CCCCC3)nn2c1N1CCOCC1. The molecule has 0 N–H and O–H groups in total. The molecule has 0 atom stereocenters. The van der Waals surface area contributed by atoms with E-state index in [1.807, 2.05) is 4.52 Å². The van der Waals surface area contributed by atoms with Crippen LogP contribution >= 0.6 is 0 Å². The molecular weight excluding hydrogens is 344 g/mol. The minimum Gasteiger partial charge on any atom is -0.378 e. The van der Waals surface area contributed by atoms with E-state index < -0.39 is 0 Å². The third-order valence-corrected chi connectivity index (χ3v) is 5.94. The van der Waals surface area contributed by atoms with Gasteiger partial charge in [0.05, 0.1) is 26.4 Å². The summed E-state index contributed by atoms with van der Waals surface area (Å²) < 4.78 is 13.0. The van der Waals surface area contributed by atoms with Crippen LogP contribution in [0.2, 0.25) is 0 Å². The summed E-state index contributed by atoms with van der Waals surface area (Å²) in [4.78, 5) is 14.4. The predicted molar refractivity (Wildman–Crippen MR) is 103 cm³/mol. The molecule has 2 aromatic heterocycles. The van der Waals surface area contributed by atoms with Crippen molar-refractivity contribution in [3.63, 3.8) is 0 Å². The van der Waals surface area contributed by atoms with Crippen LogP contribution in [0.4, 0.5) is 11.6 Å². The van der Waals surface area contributed by atoms with Gasteiger partial charge in [0.15, 0.2) is 5.82 Å². The standard InChI is InChI=1S/C19H28N6O2/c1-2-4-15(5-3-1)18-21-19-20-16(23-6-10-26-11-7-23)14-17(25(19)22-18)24-8-12-27-13-9-24/h14-15H,1-13H2. The molecule has 0 radical (unpaired) electrons. The molecule has 146 valence electrons. The molecule has 2 aliphatic heterocycles. The molecule has 8 nitrogen and oxygen atoms in total. The molecule has 4 heterocycles. The van der Waals surface area contributed by atoms with Crippen LogP contribution in [-0.4, -0.2) is 72.2 Å². The van der Waals surface area contributed by atoms with Crippen molar-refractivity contribution in [1.82, 2.24) is 19.6 Å². The minimum atomic E-state index is 0.477. The van der Waals surface area contributed by atoms with Gasteiger partial charge in [0.1, 0.15) is 11.6 Å². The number of nitrogens with zero attached hydrogens (tertiary/aromatic N) is 6.